The van der Waals surface area contributed by atoms with Crippen molar-refractivity contribution in [1.82, 2.24) is 10.2 Å². The predicted molar refractivity (Wildman–Crippen MR) is 102 cm³/mol. The summed E-state index contributed by atoms with van der Waals surface area (Å²) < 4.78 is 9.72. The minimum absolute atomic E-state index is 0.113. The van der Waals surface area contributed by atoms with Crippen molar-refractivity contribution in [3.63, 3.8) is 0 Å². The van der Waals surface area contributed by atoms with Crippen molar-refractivity contribution in [3.05, 3.63) is 54.0 Å². The number of likely N-dealkylation sites (tertiary alicyclic amines) is 1. The summed E-state index contributed by atoms with van der Waals surface area (Å²) in [5, 5.41) is 5.17. The van der Waals surface area contributed by atoms with E-state index in [-0.39, 0.29) is 30.3 Å². The zero-order valence-corrected chi connectivity index (χ0v) is 15.8. The number of ether oxygens (including phenoxy) is 1. The Bertz CT molecular complexity index is 909. The second-order valence-electron chi connectivity index (χ2n) is 6.58. The fourth-order valence-corrected chi connectivity index (χ4v) is 3.00. The Labute approximate surface area is 167 Å². The van der Waals surface area contributed by atoms with Crippen LogP contribution in [0.2, 0.25) is 0 Å². The highest BCUT2D eigenvalue weighted by Gasteiger charge is 2.34. The van der Waals surface area contributed by atoms with Crippen LogP contribution < -0.4 is 10.6 Å². The molecule has 1 aromatic carbocycles. The molecule has 9 heteroatoms. The molecule has 152 valence electrons. The molecule has 1 atom stereocenters. The lowest BCUT2D eigenvalue weighted by molar-refractivity contribution is -0.139. The van der Waals surface area contributed by atoms with Crippen molar-refractivity contribution in [2.24, 2.45) is 5.92 Å². The summed E-state index contributed by atoms with van der Waals surface area (Å²) >= 11 is 0. The summed E-state index contributed by atoms with van der Waals surface area (Å²) in [4.78, 5) is 49.6. The molecule has 2 aromatic rings. The number of furan rings is 1. The Morgan fingerprint density at radius 2 is 2.07 bits per heavy atom. The zero-order chi connectivity index (χ0) is 20.8. The van der Waals surface area contributed by atoms with E-state index in [0.717, 1.165) is 0 Å². The first-order valence-electron chi connectivity index (χ1n) is 9.02. The molecular formula is C20H21N3O6. The van der Waals surface area contributed by atoms with Gasteiger partial charge in [0.15, 0.2) is 0 Å². The maximum absolute atomic E-state index is 12.6. The van der Waals surface area contributed by atoms with Gasteiger partial charge in [-0.25, -0.2) is 0 Å². The van der Waals surface area contributed by atoms with Gasteiger partial charge in [-0.15, -0.1) is 0 Å². The lowest BCUT2D eigenvalue weighted by Gasteiger charge is -2.15. The van der Waals surface area contributed by atoms with Gasteiger partial charge in [0, 0.05) is 24.2 Å². The van der Waals surface area contributed by atoms with Gasteiger partial charge in [-0.1, -0.05) is 6.07 Å². The summed E-state index contributed by atoms with van der Waals surface area (Å²) in [6.45, 7) is 0.373. The Kier molecular flexibility index (Phi) is 6.28. The minimum Gasteiger partial charge on any atom is -0.468 e. The molecule has 0 spiro atoms. The van der Waals surface area contributed by atoms with E-state index in [4.69, 9.17) is 4.42 Å². The topological polar surface area (TPSA) is 118 Å². The largest absolute Gasteiger partial charge is 0.468 e. The van der Waals surface area contributed by atoms with Crippen LogP contribution in [0.1, 0.15) is 22.5 Å². The molecule has 1 aromatic heterocycles. The van der Waals surface area contributed by atoms with Crippen LogP contribution in [0.15, 0.2) is 47.1 Å². The third-order valence-electron chi connectivity index (χ3n) is 4.53. The van der Waals surface area contributed by atoms with Crippen molar-refractivity contribution in [2.75, 3.05) is 25.5 Å². The van der Waals surface area contributed by atoms with Crippen LogP contribution in [0.3, 0.4) is 0 Å². The van der Waals surface area contributed by atoms with Gasteiger partial charge in [0.2, 0.25) is 11.8 Å². The van der Waals surface area contributed by atoms with Crippen LogP contribution in [0.25, 0.3) is 0 Å². The Balaban J connectivity index is 1.57. The first-order chi connectivity index (χ1) is 14.0. The number of carbonyl (C=O) groups excluding carboxylic acids is 4. The van der Waals surface area contributed by atoms with Gasteiger partial charge in [-0.3, -0.25) is 19.2 Å². The van der Waals surface area contributed by atoms with Crippen molar-refractivity contribution in [3.8, 4) is 0 Å². The van der Waals surface area contributed by atoms with E-state index >= 15 is 0 Å². The first kappa shape index (κ1) is 20.1. The fourth-order valence-electron chi connectivity index (χ4n) is 3.00. The van der Waals surface area contributed by atoms with Crippen LogP contribution in [0.5, 0.6) is 0 Å². The number of carbonyl (C=O) groups is 4. The monoisotopic (exact) mass is 399 g/mol. The number of nitrogens with zero attached hydrogens (tertiary/aromatic N) is 1. The standard InChI is InChI=1S/C20H21N3O6/c1-28-18(25)10-21-19(26)13-4-2-5-15(8-13)22-20(27)14-9-17(24)23(11-14)12-16-6-3-7-29-16/h2-8,14H,9-12H2,1H3,(H,21,26)(H,22,27)/t14-/m1/s1. The van der Waals surface area contributed by atoms with Crippen molar-refractivity contribution >= 4 is 29.4 Å². The molecule has 1 aliphatic heterocycles. The predicted octanol–water partition coefficient (Wildman–Crippen LogP) is 1.17. The average molecular weight is 399 g/mol. The number of amides is 3. The minimum atomic E-state index is -0.562. The van der Waals surface area contributed by atoms with Crippen LogP contribution in [-0.4, -0.2) is 48.8 Å². The maximum Gasteiger partial charge on any atom is 0.325 e. The summed E-state index contributed by atoms with van der Waals surface area (Å²) in [6.07, 6.45) is 1.65. The summed E-state index contributed by atoms with van der Waals surface area (Å²) in [7, 11) is 1.23. The lowest BCUT2D eigenvalue weighted by atomic mass is 10.1. The summed E-state index contributed by atoms with van der Waals surface area (Å²) in [6, 6.07) is 9.85. The van der Waals surface area contributed by atoms with Crippen LogP contribution in [0, 0.1) is 5.92 Å². The third kappa shape index (κ3) is 5.22. The molecular weight excluding hydrogens is 378 g/mol. The van der Waals surface area contributed by atoms with E-state index in [1.54, 1.807) is 35.2 Å². The van der Waals surface area contributed by atoms with E-state index in [1.807, 2.05) is 0 Å². The smallest absolute Gasteiger partial charge is 0.325 e. The number of hydrogen-bond donors (Lipinski definition) is 2. The number of esters is 1. The Morgan fingerprint density at radius 1 is 1.24 bits per heavy atom. The van der Waals surface area contributed by atoms with E-state index in [2.05, 4.69) is 15.4 Å². The Morgan fingerprint density at radius 3 is 2.79 bits per heavy atom. The molecule has 1 saturated heterocycles. The normalized spacial score (nSPS) is 15.8. The Hall–Kier alpha value is -3.62. The third-order valence-corrected chi connectivity index (χ3v) is 4.53. The summed E-state index contributed by atoms with van der Waals surface area (Å²) in [5.41, 5.74) is 0.714. The quantitative estimate of drug-likeness (QED) is 0.675. The molecule has 0 unspecified atom stereocenters. The second-order valence-corrected chi connectivity index (χ2v) is 6.58. The molecule has 9 nitrogen and oxygen atoms in total. The van der Waals surface area contributed by atoms with E-state index in [0.29, 0.717) is 24.5 Å². The molecule has 0 radical (unpaired) electrons. The summed E-state index contributed by atoms with van der Waals surface area (Å²) in [5.74, 6) is -1.27. The molecule has 3 rings (SSSR count). The molecule has 1 fully saturated rings. The van der Waals surface area contributed by atoms with Crippen LogP contribution >= 0.6 is 0 Å². The molecule has 29 heavy (non-hydrogen) atoms. The zero-order valence-electron chi connectivity index (χ0n) is 15.8. The van der Waals surface area contributed by atoms with E-state index < -0.39 is 17.8 Å². The maximum atomic E-state index is 12.6. The number of methoxy groups -OCH3 is 1. The highest BCUT2D eigenvalue weighted by Crippen LogP contribution is 2.22. The number of rotatable bonds is 7. The number of anilines is 1. The molecule has 0 bridgehead atoms. The highest BCUT2D eigenvalue weighted by molar-refractivity contribution is 6.00. The SMILES string of the molecule is COC(=O)CNC(=O)c1cccc(NC(=O)[C@@H]2CC(=O)N(Cc3ccco3)C2)c1. The molecule has 2 heterocycles. The molecule has 3 amide bonds. The van der Waals surface area contributed by atoms with Gasteiger partial charge in [0.05, 0.1) is 25.8 Å². The number of nitrogens with one attached hydrogen (secondary N) is 2. The van der Waals surface area contributed by atoms with E-state index in [1.165, 1.54) is 19.4 Å². The molecule has 0 aliphatic carbocycles. The van der Waals surface area contributed by atoms with Crippen molar-refractivity contribution < 1.29 is 28.3 Å². The van der Waals surface area contributed by atoms with Gasteiger partial charge < -0.3 is 24.7 Å². The molecule has 2 N–H and O–H groups in total. The van der Waals surface area contributed by atoms with Gasteiger partial charge in [-0.05, 0) is 30.3 Å². The average Bonchev–Trinajstić information content (AvgIpc) is 3.36. The van der Waals surface area contributed by atoms with Crippen LogP contribution in [-0.2, 0) is 25.7 Å². The van der Waals surface area contributed by atoms with Crippen molar-refractivity contribution in [2.45, 2.75) is 13.0 Å². The fraction of sp³-hybridized carbons (Fsp3) is 0.300. The van der Waals surface area contributed by atoms with Gasteiger partial charge in [-0.2, -0.15) is 0 Å². The molecule has 1 aliphatic rings. The first-order valence-corrected chi connectivity index (χ1v) is 9.02. The van der Waals surface area contributed by atoms with Gasteiger partial charge in [0.1, 0.15) is 12.3 Å². The second kappa shape index (κ2) is 9.05. The number of hydrogen-bond acceptors (Lipinski definition) is 6. The van der Waals surface area contributed by atoms with Crippen molar-refractivity contribution in [1.29, 1.82) is 0 Å². The highest BCUT2D eigenvalue weighted by atomic mass is 16.5. The van der Waals surface area contributed by atoms with Gasteiger partial charge in [0.25, 0.3) is 5.91 Å². The van der Waals surface area contributed by atoms with Gasteiger partial charge >= 0.3 is 5.97 Å². The van der Waals surface area contributed by atoms with E-state index in [9.17, 15) is 19.2 Å². The molecule has 0 saturated carbocycles. The lowest BCUT2D eigenvalue weighted by Crippen LogP contribution is -2.30. The van der Waals surface area contributed by atoms with Crippen LogP contribution in [0.4, 0.5) is 5.69 Å². The number of benzene rings is 1.